The second-order valence-electron chi connectivity index (χ2n) is 7.64. The molecule has 39 heavy (non-hydrogen) atoms. The van der Waals surface area contributed by atoms with Gasteiger partial charge in [-0.15, -0.1) is 5.56 Å². The van der Waals surface area contributed by atoms with E-state index in [1.54, 1.807) is 69.9 Å². The van der Waals surface area contributed by atoms with Gasteiger partial charge in [0.2, 0.25) is 0 Å². The Morgan fingerprint density at radius 3 is 1.77 bits per heavy atom. The van der Waals surface area contributed by atoms with E-state index >= 15 is 0 Å². The SMILES string of the molecule is C=CC(=C\N=C(C)c1cc([C-]=O)cc([C-]=O)c1)/C(=C/C)/N=C\C(=C/C)c1cc(C(=N)[O-])cc(C(=N)[O-])c1.[U].[U]. The van der Waals surface area contributed by atoms with Gasteiger partial charge in [0.25, 0.3) is 0 Å². The van der Waals surface area contributed by atoms with E-state index in [0.29, 0.717) is 33.7 Å². The first kappa shape index (κ1) is 36.1. The van der Waals surface area contributed by atoms with Crippen molar-refractivity contribution in [3.8, 4) is 0 Å². The molecule has 0 aliphatic rings. The van der Waals surface area contributed by atoms with Gasteiger partial charge in [-0.05, 0) is 73.0 Å². The number of hydrogen-bond donors (Lipinski definition) is 2. The second kappa shape index (κ2) is 17.7. The predicted octanol–water partition coefficient (Wildman–Crippen LogP) is 2.93. The van der Waals surface area contributed by atoms with E-state index in [9.17, 15) is 19.8 Å². The number of benzene rings is 2. The third-order valence-corrected chi connectivity index (χ3v) is 5.22. The maximum atomic E-state index is 11.6. The van der Waals surface area contributed by atoms with Crippen LogP contribution in [0.4, 0.5) is 0 Å². The van der Waals surface area contributed by atoms with E-state index in [0.717, 1.165) is 0 Å². The number of aliphatic imine (C=N–C) groups is 2. The molecule has 8 nitrogen and oxygen atoms in total. The van der Waals surface area contributed by atoms with Gasteiger partial charge in [-0.3, -0.25) is 9.98 Å². The van der Waals surface area contributed by atoms with E-state index in [1.165, 1.54) is 30.5 Å². The Morgan fingerprint density at radius 2 is 1.36 bits per heavy atom. The quantitative estimate of drug-likeness (QED) is 0.154. The molecule has 0 aliphatic carbocycles. The van der Waals surface area contributed by atoms with Gasteiger partial charge >= 0.3 is 0 Å². The fourth-order valence-corrected chi connectivity index (χ4v) is 3.25. The Balaban J connectivity index is 0.00000722. The zero-order chi connectivity index (χ0) is 27.5. The molecule has 0 bridgehead atoms. The third kappa shape index (κ3) is 10.3. The fraction of sp³-hybridized carbons (Fsp3) is 0.103. The first-order valence-corrected chi connectivity index (χ1v) is 11.0. The molecule has 0 saturated heterocycles. The maximum Gasteiger partial charge on any atom is 0.0674 e. The minimum absolute atomic E-state index is 0. The predicted molar refractivity (Wildman–Crippen MR) is 143 cm³/mol. The normalized spacial score (nSPS) is 12.3. The molecule has 0 spiro atoms. The standard InChI is InChI=1S/C29H26N4O4.2U/c1-5-21(24-11-25(28(30)36)13-26(12-24)29(31)37)14-33-27(7-3)22(6-2)15-32-18(4)23-9-19(16-34)8-20(10-23)17-35;;/h5-15H,2H2,1,3-4H3,(H2,30,36)(H2,31,37);;/q-2;;/p-2/b21-5+,22-15+,27-7-,32-18?,33-14-;;. The van der Waals surface area contributed by atoms with Crippen molar-refractivity contribution in [2.24, 2.45) is 9.98 Å². The molecule has 2 N–H and O–H groups in total. The Hall–Kier alpha value is -2.88. The number of allylic oxidation sites excluding steroid dienone is 4. The van der Waals surface area contributed by atoms with Gasteiger partial charge in [0.15, 0.2) is 0 Å². The first-order chi connectivity index (χ1) is 17.7. The van der Waals surface area contributed by atoms with Crippen molar-refractivity contribution in [3.05, 3.63) is 112 Å². The molecule has 0 unspecified atom stereocenters. The Labute approximate surface area is 275 Å². The molecule has 0 aromatic heterocycles. The minimum Gasteiger partial charge on any atom is -0.859 e. The summed E-state index contributed by atoms with van der Waals surface area (Å²) >= 11 is 0. The topological polar surface area (TPSA) is 153 Å². The summed E-state index contributed by atoms with van der Waals surface area (Å²) < 4.78 is 0. The van der Waals surface area contributed by atoms with E-state index in [2.05, 4.69) is 16.6 Å². The summed E-state index contributed by atoms with van der Waals surface area (Å²) in [5.41, 5.74) is 3.62. The third-order valence-electron chi connectivity index (χ3n) is 5.22. The largest absolute Gasteiger partial charge is 0.859 e. The molecule has 196 valence electrons. The Morgan fingerprint density at radius 1 is 0.846 bits per heavy atom. The smallest absolute Gasteiger partial charge is 0.0674 e. The van der Waals surface area contributed by atoms with Crippen LogP contribution in [0.1, 0.15) is 54.2 Å². The molecule has 0 saturated carbocycles. The first-order valence-electron chi connectivity index (χ1n) is 11.0. The summed E-state index contributed by atoms with van der Waals surface area (Å²) in [5, 5.41) is 37.9. The number of rotatable bonds is 11. The second-order valence-corrected chi connectivity index (χ2v) is 7.64. The van der Waals surface area contributed by atoms with Crippen molar-refractivity contribution in [1.29, 1.82) is 10.8 Å². The molecule has 0 heterocycles. The van der Waals surface area contributed by atoms with E-state index in [4.69, 9.17) is 10.8 Å². The van der Waals surface area contributed by atoms with Crippen LogP contribution in [0.3, 0.4) is 0 Å². The molecular formula is C29H24N4O4U2-4. The number of nitrogens with one attached hydrogen (secondary N) is 2. The van der Waals surface area contributed by atoms with Gasteiger partial charge < -0.3 is 30.6 Å². The molecule has 0 fully saturated rings. The van der Waals surface area contributed by atoms with Gasteiger partial charge in [-0.1, -0.05) is 24.8 Å². The van der Waals surface area contributed by atoms with Crippen molar-refractivity contribution in [2.45, 2.75) is 20.8 Å². The van der Waals surface area contributed by atoms with Crippen LogP contribution >= 0.6 is 0 Å². The van der Waals surface area contributed by atoms with Crippen LogP contribution in [0.25, 0.3) is 5.57 Å². The summed E-state index contributed by atoms with van der Waals surface area (Å²) in [5.74, 6) is -1.93. The zero-order valence-corrected chi connectivity index (χ0v) is 29.9. The van der Waals surface area contributed by atoms with Crippen molar-refractivity contribution < 1.29 is 82.0 Å². The van der Waals surface area contributed by atoms with Crippen LogP contribution in [-0.4, -0.2) is 36.3 Å². The monoisotopic (exact) mass is 968 g/mol. The molecule has 2 aromatic carbocycles. The number of carbonyl (C=O) groups excluding carboxylic acids is 2. The van der Waals surface area contributed by atoms with Crippen molar-refractivity contribution in [3.63, 3.8) is 0 Å². The van der Waals surface area contributed by atoms with Crippen LogP contribution in [0, 0.1) is 73.0 Å². The molecule has 0 radical (unpaired) electrons. The van der Waals surface area contributed by atoms with Crippen molar-refractivity contribution >= 4 is 41.9 Å². The summed E-state index contributed by atoms with van der Waals surface area (Å²) in [6, 6.07) is 8.65. The zero-order valence-electron chi connectivity index (χ0n) is 21.6. The van der Waals surface area contributed by atoms with Crippen molar-refractivity contribution in [2.75, 3.05) is 0 Å². The number of hydrogen-bond acceptors (Lipinski definition) is 8. The average Bonchev–Trinajstić information content (AvgIpc) is 2.91. The van der Waals surface area contributed by atoms with Gasteiger partial charge in [0.05, 0.1) is 18.3 Å². The van der Waals surface area contributed by atoms with Crippen molar-refractivity contribution in [1.82, 2.24) is 0 Å². The van der Waals surface area contributed by atoms with Crippen LogP contribution < -0.4 is 10.2 Å². The van der Waals surface area contributed by atoms with Gasteiger partial charge in [0, 0.05) is 85.9 Å². The van der Waals surface area contributed by atoms with E-state index < -0.39 is 11.8 Å². The van der Waals surface area contributed by atoms with E-state index in [-0.39, 0.29) is 84.5 Å². The summed E-state index contributed by atoms with van der Waals surface area (Å²) in [7, 11) is 0. The van der Waals surface area contributed by atoms with Crippen LogP contribution in [0.5, 0.6) is 0 Å². The molecule has 10 heteroatoms. The van der Waals surface area contributed by atoms with Crippen LogP contribution in [-0.2, 0) is 9.59 Å². The molecule has 0 atom stereocenters. The van der Waals surface area contributed by atoms with Gasteiger partial charge in [-0.25, -0.2) is 0 Å². The van der Waals surface area contributed by atoms with Gasteiger partial charge in [-0.2, -0.15) is 29.3 Å². The maximum absolute atomic E-state index is 11.6. The van der Waals surface area contributed by atoms with Crippen LogP contribution in [0.15, 0.2) is 88.7 Å². The average molecular weight is 969 g/mol. The van der Waals surface area contributed by atoms with E-state index in [1.807, 2.05) is 0 Å². The summed E-state index contributed by atoms with van der Waals surface area (Å²) in [6.45, 7) is 9.07. The summed E-state index contributed by atoms with van der Waals surface area (Å²) in [6.07, 6.45) is 11.6. The molecule has 2 aromatic rings. The number of nitrogens with zero attached hydrogens (tertiary/aromatic N) is 2. The molecule has 0 amide bonds. The fourth-order valence-electron chi connectivity index (χ4n) is 3.25. The Bertz CT molecular complexity index is 1360. The molecule has 0 aliphatic heterocycles. The van der Waals surface area contributed by atoms with Gasteiger partial charge in [0.1, 0.15) is 0 Å². The molecule has 2 rings (SSSR count). The minimum atomic E-state index is -0.967. The van der Waals surface area contributed by atoms with Crippen LogP contribution in [0.2, 0.25) is 0 Å². The Kier molecular flexibility index (Phi) is 16.4. The summed E-state index contributed by atoms with van der Waals surface area (Å²) in [4.78, 5) is 31.0. The molecular weight excluding hydrogens is 944 g/mol.